The maximum Gasteiger partial charge on any atom is 0.319 e. The van der Waals surface area contributed by atoms with Gasteiger partial charge in [-0.3, -0.25) is 4.79 Å². The van der Waals surface area contributed by atoms with Crippen LogP contribution in [0.3, 0.4) is 0 Å². The number of nitrogens with zero attached hydrogens (tertiary/aromatic N) is 1. The number of hydrogen-bond donors (Lipinski definition) is 2. The molecule has 1 aliphatic rings. The zero-order valence-corrected chi connectivity index (χ0v) is 15.1. The maximum atomic E-state index is 12.2. The average molecular weight is 374 g/mol. The monoisotopic (exact) mass is 373 g/mol. The third-order valence-corrected chi connectivity index (χ3v) is 4.27. The van der Waals surface area contributed by atoms with Crippen molar-refractivity contribution in [2.75, 3.05) is 23.4 Å². The Morgan fingerprint density at radius 1 is 1.19 bits per heavy atom. The van der Waals surface area contributed by atoms with Crippen LogP contribution in [0.25, 0.3) is 0 Å². The van der Waals surface area contributed by atoms with Crippen LogP contribution in [0.1, 0.15) is 13.3 Å². The minimum Gasteiger partial charge on any atom is -0.494 e. The Morgan fingerprint density at radius 3 is 2.54 bits per heavy atom. The number of benzene rings is 2. The van der Waals surface area contributed by atoms with Crippen molar-refractivity contribution >= 4 is 34.9 Å². The van der Waals surface area contributed by atoms with Gasteiger partial charge < -0.3 is 20.3 Å². The standard InChI is InChI=1S/C19H20ClN3O3/c1-2-26-17-9-5-14(6-10-17)21-19(25)22-15-11-18(24)23(12-15)16-7-3-13(20)4-8-16/h3-10,15H,2,11-12H2,1H3,(H2,21,22,25)/t15-/m1/s1. The molecular weight excluding hydrogens is 354 g/mol. The Labute approximate surface area is 157 Å². The molecule has 0 bridgehead atoms. The second kappa shape index (κ2) is 8.10. The summed E-state index contributed by atoms with van der Waals surface area (Å²) in [6, 6.07) is 13.6. The predicted molar refractivity (Wildman–Crippen MR) is 102 cm³/mol. The molecule has 0 aromatic heterocycles. The fraction of sp³-hybridized carbons (Fsp3) is 0.263. The molecule has 0 saturated carbocycles. The Bertz CT molecular complexity index is 778. The van der Waals surface area contributed by atoms with Gasteiger partial charge in [-0.1, -0.05) is 11.6 Å². The SMILES string of the molecule is CCOc1ccc(NC(=O)N[C@@H]2CC(=O)N(c3ccc(Cl)cc3)C2)cc1. The van der Waals surface area contributed by atoms with Gasteiger partial charge >= 0.3 is 6.03 Å². The molecule has 0 radical (unpaired) electrons. The van der Waals surface area contributed by atoms with E-state index in [4.69, 9.17) is 16.3 Å². The van der Waals surface area contributed by atoms with Crippen molar-refractivity contribution in [1.29, 1.82) is 0 Å². The summed E-state index contributed by atoms with van der Waals surface area (Å²) in [5.41, 5.74) is 1.43. The van der Waals surface area contributed by atoms with E-state index >= 15 is 0 Å². The Kier molecular flexibility index (Phi) is 5.63. The predicted octanol–water partition coefficient (Wildman–Crippen LogP) is 3.67. The largest absolute Gasteiger partial charge is 0.494 e. The van der Waals surface area contributed by atoms with E-state index in [1.807, 2.05) is 6.92 Å². The molecule has 1 aliphatic heterocycles. The molecule has 1 heterocycles. The van der Waals surface area contributed by atoms with E-state index < -0.39 is 0 Å². The first-order valence-corrected chi connectivity index (χ1v) is 8.79. The molecule has 2 N–H and O–H groups in total. The molecule has 0 spiro atoms. The third-order valence-electron chi connectivity index (χ3n) is 4.02. The second-order valence-corrected chi connectivity index (χ2v) is 6.37. The molecule has 1 fully saturated rings. The Morgan fingerprint density at radius 2 is 1.88 bits per heavy atom. The van der Waals surface area contributed by atoms with Crippen molar-refractivity contribution in [3.05, 3.63) is 53.6 Å². The number of hydrogen-bond acceptors (Lipinski definition) is 3. The summed E-state index contributed by atoms with van der Waals surface area (Å²) in [6.45, 7) is 2.93. The molecule has 7 heteroatoms. The summed E-state index contributed by atoms with van der Waals surface area (Å²) in [4.78, 5) is 26.0. The van der Waals surface area contributed by atoms with Crippen LogP contribution in [0.2, 0.25) is 5.02 Å². The van der Waals surface area contributed by atoms with Crippen molar-refractivity contribution in [2.45, 2.75) is 19.4 Å². The van der Waals surface area contributed by atoms with Gasteiger partial charge in [0.25, 0.3) is 0 Å². The summed E-state index contributed by atoms with van der Waals surface area (Å²) >= 11 is 5.88. The van der Waals surface area contributed by atoms with Gasteiger partial charge in [-0.05, 0) is 55.5 Å². The number of amides is 3. The first-order valence-electron chi connectivity index (χ1n) is 8.41. The van der Waals surface area contributed by atoms with E-state index in [0.717, 1.165) is 11.4 Å². The number of ether oxygens (including phenoxy) is 1. The fourth-order valence-corrected chi connectivity index (χ4v) is 2.95. The lowest BCUT2D eigenvalue weighted by Gasteiger charge is -2.17. The van der Waals surface area contributed by atoms with Crippen molar-refractivity contribution in [3.8, 4) is 5.75 Å². The highest BCUT2D eigenvalue weighted by molar-refractivity contribution is 6.30. The summed E-state index contributed by atoms with van der Waals surface area (Å²) in [6.07, 6.45) is 0.263. The van der Waals surface area contributed by atoms with E-state index in [0.29, 0.717) is 23.9 Å². The molecule has 26 heavy (non-hydrogen) atoms. The number of rotatable bonds is 5. The number of halogens is 1. The van der Waals surface area contributed by atoms with Gasteiger partial charge in [0.05, 0.1) is 12.6 Å². The fourth-order valence-electron chi connectivity index (χ4n) is 2.83. The summed E-state index contributed by atoms with van der Waals surface area (Å²) < 4.78 is 5.37. The lowest BCUT2D eigenvalue weighted by Crippen LogP contribution is -2.39. The van der Waals surface area contributed by atoms with Gasteiger partial charge in [0, 0.05) is 29.4 Å². The molecule has 1 atom stereocenters. The lowest BCUT2D eigenvalue weighted by molar-refractivity contribution is -0.117. The van der Waals surface area contributed by atoms with Crippen molar-refractivity contribution in [2.24, 2.45) is 0 Å². The molecule has 3 rings (SSSR count). The maximum absolute atomic E-state index is 12.2. The van der Waals surface area contributed by atoms with E-state index in [9.17, 15) is 9.59 Å². The Hall–Kier alpha value is -2.73. The topological polar surface area (TPSA) is 70.7 Å². The van der Waals surface area contributed by atoms with Crippen LogP contribution in [0.4, 0.5) is 16.2 Å². The lowest BCUT2D eigenvalue weighted by atomic mass is 10.2. The van der Waals surface area contributed by atoms with Gasteiger partial charge in [-0.15, -0.1) is 0 Å². The highest BCUT2D eigenvalue weighted by Gasteiger charge is 2.31. The van der Waals surface area contributed by atoms with Gasteiger partial charge in [-0.25, -0.2) is 4.79 Å². The van der Waals surface area contributed by atoms with Gasteiger partial charge in [0.2, 0.25) is 5.91 Å². The molecular formula is C19H20ClN3O3. The molecule has 136 valence electrons. The number of nitrogens with one attached hydrogen (secondary N) is 2. The first-order chi connectivity index (χ1) is 12.5. The molecule has 0 aliphatic carbocycles. The molecule has 2 aromatic carbocycles. The number of carbonyl (C=O) groups is 2. The third kappa shape index (κ3) is 4.46. The molecule has 6 nitrogen and oxygen atoms in total. The van der Waals surface area contributed by atoms with Crippen LogP contribution >= 0.6 is 11.6 Å². The van der Waals surface area contributed by atoms with E-state index in [1.165, 1.54) is 0 Å². The normalized spacial score (nSPS) is 16.5. The number of anilines is 2. The Balaban J connectivity index is 1.55. The van der Waals surface area contributed by atoms with Crippen LogP contribution in [0, 0.1) is 0 Å². The molecule has 1 saturated heterocycles. The van der Waals surface area contributed by atoms with E-state index in [2.05, 4.69) is 10.6 Å². The highest BCUT2D eigenvalue weighted by atomic mass is 35.5. The summed E-state index contributed by atoms with van der Waals surface area (Å²) in [5.74, 6) is 0.720. The molecule has 3 amide bonds. The minimum absolute atomic E-state index is 0.0290. The van der Waals surface area contributed by atoms with Crippen LogP contribution in [-0.2, 0) is 4.79 Å². The van der Waals surface area contributed by atoms with Gasteiger partial charge in [0.15, 0.2) is 0 Å². The smallest absolute Gasteiger partial charge is 0.319 e. The first kappa shape index (κ1) is 18.1. The van der Waals surface area contributed by atoms with Gasteiger partial charge in [-0.2, -0.15) is 0 Å². The minimum atomic E-state index is -0.343. The van der Waals surface area contributed by atoms with Crippen LogP contribution in [0.5, 0.6) is 5.75 Å². The van der Waals surface area contributed by atoms with Crippen LogP contribution in [-0.4, -0.2) is 31.1 Å². The zero-order chi connectivity index (χ0) is 18.5. The quantitative estimate of drug-likeness (QED) is 0.840. The summed E-state index contributed by atoms with van der Waals surface area (Å²) in [5, 5.41) is 6.22. The van der Waals surface area contributed by atoms with E-state index in [1.54, 1.807) is 53.4 Å². The molecule has 2 aromatic rings. The van der Waals surface area contributed by atoms with E-state index in [-0.39, 0.29) is 24.4 Å². The second-order valence-electron chi connectivity index (χ2n) is 5.94. The van der Waals surface area contributed by atoms with Crippen molar-refractivity contribution in [1.82, 2.24) is 5.32 Å². The number of urea groups is 1. The van der Waals surface area contributed by atoms with Crippen molar-refractivity contribution < 1.29 is 14.3 Å². The van der Waals surface area contributed by atoms with Gasteiger partial charge in [0.1, 0.15) is 5.75 Å². The highest BCUT2D eigenvalue weighted by Crippen LogP contribution is 2.23. The summed E-state index contributed by atoms with van der Waals surface area (Å²) in [7, 11) is 0. The zero-order valence-electron chi connectivity index (χ0n) is 14.4. The molecule has 0 unspecified atom stereocenters. The van der Waals surface area contributed by atoms with Crippen LogP contribution < -0.4 is 20.3 Å². The van der Waals surface area contributed by atoms with Crippen LogP contribution in [0.15, 0.2) is 48.5 Å². The average Bonchev–Trinajstić information content (AvgIpc) is 2.97. The van der Waals surface area contributed by atoms with Crippen molar-refractivity contribution in [3.63, 3.8) is 0 Å². The number of carbonyl (C=O) groups excluding carboxylic acids is 2.